The molecule has 1 amide bonds. The van der Waals surface area contributed by atoms with Gasteiger partial charge < -0.3 is 15.6 Å². The van der Waals surface area contributed by atoms with Crippen LogP contribution >= 0.6 is 0 Å². The number of primary amides is 1. The van der Waals surface area contributed by atoms with Crippen LogP contribution in [0.3, 0.4) is 0 Å². The number of carbonyl (C=O) groups excluding carboxylic acids is 1. The van der Waals surface area contributed by atoms with Gasteiger partial charge in [0.2, 0.25) is 0 Å². The Hall–Kier alpha value is -2.11. The van der Waals surface area contributed by atoms with E-state index in [1.54, 1.807) is 0 Å². The van der Waals surface area contributed by atoms with Crippen molar-refractivity contribution in [2.45, 2.75) is 18.9 Å². The molecule has 6 heteroatoms. The SMILES string of the molecule is NC(=O)c1c(OC2CC2)cncc1C(=O)O. The number of rotatable bonds is 4. The lowest BCUT2D eigenvalue weighted by Gasteiger charge is -2.09. The Balaban J connectivity index is 2.45. The van der Waals surface area contributed by atoms with E-state index < -0.39 is 11.9 Å². The average molecular weight is 222 g/mol. The van der Waals surface area contributed by atoms with Crippen LogP contribution in [0.5, 0.6) is 5.75 Å². The normalized spacial score (nSPS) is 14.5. The Kier molecular flexibility index (Phi) is 2.47. The molecule has 1 aromatic rings. The monoisotopic (exact) mass is 222 g/mol. The summed E-state index contributed by atoms with van der Waals surface area (Å²) in [5, 5.41) is 8.89. The van der Waals surface area contributed by atoms with Crippen molar-refractivity contribution in [3.8, 4) is 5.75 Å². The second kappa shape index (κ2) is 3.80. The predicted octanol–water partition coefficient (Wildman–Crippen LogP) is 0.420. The highest BCUT2D eigenvalue weighted by Crippen LogP contribution is 2.29. The van der Waals surface area contributed by atoms with E-state index in [-0.39, 0.29) is 23.0 Å². The van der Waals surface area contributed by atoms with Crippen molar-refractivity contribution >= 4 is 11.9 Å². The molecular weight excluding hydrogens is 212 g/mol. The molecule has 3 N–H and O–H groups in total. The molecule has 1 saturated carbocycles. The van der Waals surface area contributed by atoms with Crippen LogP contribution < -0.4 is 10.5 Å². The molecule has 0 bridgehead atoms. The van der Waals surface area contributed by atoms with Gasteiger partial charge in [-0.1, -0.05) is 0 Å². The number of carbonyl (C=O) groups is 2. The molecule has 1 aliphatic rings. The number of nitrogens with two attached hydrogens (primary N) is 1. The van der Waals surface area contributed by atoms with Crippen LogP contribution in [0.4, 0.5) is 0 Å². The number of carboxylic acid groups (broad SMARTS) is 1. The van der Waals surface area contributed by atoms with E-state index in [2.05, 4.69) is 4.98 Å². The summed E-state index contributed by atoms with van der Waals surface area (Å²) in [5.41, 5.74) is 4.79. The maximum absolute atomic E-state index is 11.2. The zero-order valence-corrected chi connectivity index (χ0v) is 8.34. The van der Waals surface area contributed by atoms with E-state index in [4.69, 9.17) is 15.6 Å². The second-order valence-electron chi connectivity index (χ2n) is 3.55. The summed E-state index contributed by atoms with van der Waals surface area (Å²) in [6.45, 7) is 0. The first kappa shape index (κ1) is 10.4. The van der Waals surface area contributed by atoms with E-state index >= 15 is 0 Å². The van der Waals surface area contributed by atoms with Gasteiger partial charge in [0.1, 0.15) is 0 Å². The Bertz CT molecular complexity index is 454. The summed E-state index contributed by atoms with van der Waals surface area (Å²) < 4.78 is 5.38. The Morgan fingerprint density at radius 3 is 2.62 bits per heavy atom. The molecule has 16 heavy (non-hydrogen) atoms. The first-order chi connectivity index (χ1) is 7.59. The number of hydrogen-bond acceptors (Lipinski definition) is 4. The molecule has 0 atom stereocenters. The van der Waals surface area contributed by atoms with Gasteiger partial charge in [-0.25, -0.2) is 4.79 Å². The van der Waals surface area contributed by atoms with E-state index in [0.29, 0.717) is 0 Å². The van der Waals surface area contributed by atoms with E-state index in [9.17, 15) is 9.59 Å². The summed E-state index contributed by atoms with van der Waals surface area (Å²) in [6.07, 6.45) is 4.24. The van der Waals surface area contributed by atoms with Crippen molar-refractivity contribution in [3.63, 3.8) is 0 Å². The largest absolute Gasteiger partial charge is 0.488 e. The van der Waals surface area contributed by atoms with Gasteiger partial charge in [0.05, 0.1) is 23.4 Å². The lowest BCUT2D eigenvalue weighted by atomic mass is 10.1. The lowest BCUT2D eigenvalue weighted by molar-refractivity contribution is 0.0690. The fourth-order valence-electron chi connectivity index (χ4n) is 1.31. The van der Waals surface area contributed by atoms with E-state index in [1.165, 1.54) is 6.20 Å². The minimum atomic E-state index is -1.25. The molecule has 0 spiro atoms. The lowest BCUT2D eigenvalue weighted by Crippen LogP contribution is -2.18. The van der Waals surface area contributed by atoms with E-state index in [0.717, 1.165) is 19.0 Å². The van der Waals surface area contributed by atoms with Crippen LogP contribution in [-0.2, 0) is 0 Å². The third-order valence-corrected chi connectivity index (χ3v) is 2.21. The molecule has 1 heterocycles. The smallest absolute Gasteiger partial charge is 0.338 e. The predicted molar refractivity (Wildman–Crippen MR) is 53.4 cm³/mol. The van der Waals surface area contributed by atoms with Crippen LogP contribution in [0.25, 0.3) is 0 Å². The van der Waals surface area contributed by atoms with Crippen molar-refractivity contribution in [1.29, 1.82) is 0 Å². The Labute approximate surface area is 91.0 Å². The molecule has 0 unspecified atom stereocenters. The third kappa shape index (κ3) is 1.95. The van der Waals surface area contributed by atoms with Gasteiger partial charge >= 0.3 is 5.97 Å². The third-order valence-electron chi connectivity index (χ3n) is 2.21. The quantitative estimate of drug-likeness (QED) is 0.768. The van der Waals surface area contributed by atoms with Crippen LogP contribution in [0.2, 0.25) is 0 Å². The first-order valence-corrected chi connectivity index (χ1v) is 4.77. The molecule has 1 aliphatic carbocycles. The molecule has 0 radical (unpaired) electrons. The highest BCUT2D eigenvalue weighted by atomic mass is 16.5. The van der Waals surface area contributed by atoms with E-state index in [1.807, 2.05) is 0 Å². The first-order valence-electron chi connectivity index (χ1n) is 4.77. The molecule has 84 valence electrons. The van der Waals surface area contributed by atoms with Gasteiger partial charge in [-0.3, -0.25) is 9.78 Å². The number of hydrogen-bond donors (Lipinski definition) is 2. The minimum Gasteiger partial charge on any atom is -0.488 e. The Morgan fingerprint density at radius 2 is 2.12 bits per heavy atom. The summed E-state index contributed by atoms with van der Waals surface area (Å²) >= 11 is 0. The number of nitrogens with zero attached hydrogens (tertiary/aromatic N) is 1. The van der Waals surface area contributed by atoms with Crippen molar-refractivity contribution in [2.24, 2.45) is 5.73 Å². The van der Waals surface area contributed by atoms with Crippen molar-refractivity contribution in [2.75, 3.05) is 0 Å². The van der Waals surface area contributed by atoms with Gasteiger partial charge in [-0.05, 0) is 12.8 Å². The number of aromatic nitrogens is 1. The maximum Gasteiger partial charge on any atom is 0.338 e. The molecule has 0 aliphatic heterocycles. The molecule has 1 fully saturated rings. The van der Waals surface area contributed by atoms with Gasteiger partial charge in [0.15, 0.2) is 5.75 Å². The fourth-order valence-corrected chi connectivity index (χ4v) is 1.31. The number of carboxylic acids is 1. The van der Waals surface area contributed by atoms with Crippen LogP contribution in [0, 0.1) is 0 Å². The van der Waals surface area contributed by atoms with Gasteiger partial charge in [0, 0.05) is 6.20 Å². The van der Waals surface area contributed by atoms with Crippen molar-refractivity contribution < 1.29 is 19.4 Å². The average Bonchev–Trinajstić information content (AvgIpc) is 3.00. The minimum absolute atomic E-state index is 0.0453. The molecule has 1 aromatic heterocycles. The van der Waals surface area contributed by atoms with Crippen LogP contribution in [0.15, 0.2) is 12.4 Å². The van der Waals surface area contributed by atoms with Crippen molar-refractivity contribution in [3.05, 3.63) is 23.5 Å². The number of ether oxygens (including phenoxy) is 1. The maximum atomic E-state index is 11.2. The highest BCUT2D eigenvalue weighted by Gasteiger charge is 2.27. The summed E-state index contributed by atoms with van der Waals surface area (Å²) in [7, 11) is 0. The van der Waals surface area contributed by atoms with Gasteiger partial charge in [-0.2, -0.15) is 0 Å². The number of pyridine rings is 1. The Morgan fingerprint density at radius 1 is 1.44 bits per heavy atom. The molecule has 2 rings (SSSR count). The molecular formula is C10H10N2O4. The highest BCUT2D eigenvalue weighted by molar-refractivity contribution is 6.05. The molecule has 6 nitrogen and oxygen atoms in total. The fraction of sp³-hybridized carbons (Fsp3) is 0.300. The summed E-state index contributed by atoms with van der Waals surface area (Å²) in [4.78, 5) is 25.8. The van der Waals surface area contributed by atoms with Gasteiger partial charge in [-0.15, -0.1) is 0 Å². The number of aromatic carboxylic acids is 1. The van der Waals surface area contributed by atoms with Crippen molar-refractivity contribution in [1.82, 2.24) is 4.98 Å². The molecule has 0 saturated heterocycles. The van der Waals surface area contributed by atoms with Crippen LogP contribution in [0.1, 0.15) is 33.6 Å². The second-order valence-corrected chi connectivity index (χ2v) is 3.55. The summed E-state index contributed by atoms with van der Waals surface area (Å²) in [6, 6.07) is 0. The zero-order valence-electron chi connectivity index (χ0n) is 8.34. The number of amides is 1. The standard InChI is InChI=1S/C10H10N2O4/c11-9(13)8-6(10(14)15)3-12-4-7(8)16-5-1-2-5/h3-5H,1-2H2,(H2,11,13)(H,14,15). The summed E-state index contributed by atoms with van der Waals surface area (Å²) in [5.74, 6) is -1.92. The van der Waals surface area contributed by atoms with Gasteiger partial charge in [0.25, 0.3) is 5.91 Å². The van der Waals surface area contributed by atoms with Crippen LogP contribution in [-0.4, -0.2) is 28.1 Å². The topological polar surface area (TPSA) is 103 Å². The zero-order chi connectivity index (χ0) is 11.7. The molecule has 0 aromatic carbocycles.